The Morgan fingerprint density at radius 2 is 2.10 bits per heavy atom. The number of rotatable bonds is 5. The van der Waals surface area contributed by atoms with Crippen molar-refractivity contribution in [2.75, 3.05) is 36.3 Å². The highest BCUT2D eigenvalue weighted by molar-refractivity contribution is 7.98. The Bertz CT molecular complexity index is 994. The molecule has 30 heavy (non-hydrogen) atoms. The summed E-state index contributed by atoms with van der Waals surface area (Å²) < 4.78 is 25.0. The summed E-state index contributed by atoms with van der Waals surface area (Å²) in [6, 6.07) is 8.06. The third-order valence-electron chi connectivity index (χ3n) is 4.62. The molecule has 0 spiro atoms. The Labute approximate surface area is 180 Å². The standard InChI is InChI=1S/C19H19FN4O2.C3H8S/c1-11-6-13(21)8-16-18(11)19(23-10-22-16)24-15-3-2-12(20)7-17(15)26-14-4-5-25-9-14;1-3-4-2/h2-3,6-8,10,14H,4-5,9,21H2,1H3,(H,22,23,24);3H2,1-2H3. The zero-order valence-corrected chi connectivity index (χ0v) is 18.3. The van der Waals surface area contributed by atoms with Gasteiger partial charge >= 0.3 is 0 Å². The highest BCUT2D eigenvalue weighted by Gasteiger charge is 2.20. The van der Waals surface area contributed by atoms with Crippen LogP contribution in [-0.4, -0.2) is 41.3 Å². The summed E-state index contributed by atoms with van der Waals surface area (Å²) in [6.07, 6.45) is 4.27. The number of benzene rings is 2. The lowest BCUT2D eigenvalue weighted by molar-refractivity contribution is 0.141. The van der Waals surface area contributed by atoms with E-state index >= 15 is 0 Å². The van der Waals surface area contributed by atoms with E-state index in [0.717, 1.165) is 22.9 Å². The lowest BCUT2D eigenvalue weighted by Crippen LogP contribution is -2.16. The summed E-state index contributed by atoms with van der Waals surface area (Å²) in [5.41, 5.74) is 8.88. The molecule has 3 N–H and O–H groups in total. The van der Waals surface area contributed by atoms with Crippen LogP contribution in [0.1, 0.15) is 18.9 Å². The Kier molecular flexibility index (Phi) is 7.70. The van der Waals surface area contributed by atoms with Crippen LogP contribution in [0.5, 0.6) is 5.75 Å². The zero-order valence-electron chi connectivity index (χ0n) is 17.4. The maximum absolute atomic E-state index is 13.7. The fraction of sp³-hybridized carbons (Fsp3) is 0.364. The summed E-state index contributed by atoms with van der Waals surface area (Å²) in [6.45, 7) is 5.25. The third kappa shape index (κ3) is 5.52. The molecule has 1 aliphatic heterocycles. The van der Waals surface area contributed by atoms with E-state index in [0.29, 0.717) is 36.2 Å². The molecule has 1 unspecified atom stereocenters. The molecule has 3 aromatic rings. The largest absolute Gasteiger partial charge is 0.486 e. The van der Waals surface area contributed by atoms with Gasteiger partial charge in [0.15, 0.2) is 0 Å². The number of nitrogens with two attached hydrogens (primary N) is 1. The summed E-state index contributed by atoms with van der Waals surface area (Å²) in [5, 5.41) is 4.11. The Morgan fingerprint density at radius 1 is 1.30 bits per heavy atom. The molecule has 2 heterocycles. The lowest BCUT2D eigenvalue weighted by Gasteiger charge is -2.17. The number of ether oxygens (including phenoxy) is 2. The Morgan fingerprint density at radius 3 is 2.80 bits per heavy atom. The van der Waals surface area contributed by atoms with Crippen LogP contribution in [-0.2, 0) is 4.74 Å². The van der Waals surface area contributed by atoms with Gasteiger partial charge in [0.2, 0.25) is 0 Å². The highest BCUT2D eigenvalue weighted by atomic mass is 32.2. The predicted octanol–water partition coefficient (Wildman–Crippen LogP) is 4.94. The number of nitrogens with one attached hydrogen (secondary N) is 1. The molecule has 4 rings (SSSR count). The fourth-order valence-corrected chi connectivity index (χ4v) is 3.12. The molecule has 1 aliphatic rings. The number of thioether (sulfide) groups is 1. The van der Waals surface area contributed by atoms with E-state index in [1.165, 1.54) is 24.2 Å². The van der Waals surface area contributed by atoms with Gasteiger partial charge in [0.25, 0.3) is 0 Å². The van der Waals surface area contributed by atoms with Crippen LogP contribution in [0.15, 0.2) is 36.7 Å². The van der Waals surface area contributed by atoms with E-state index in [1.54, 1.807) is 12.1 Å². The van der Waals surface area contributed by atoms with Crippen molar-refractivity contribution in [1.82, 2.24) is 9.97 Å². The highest BCUT2D eigenvalue weighted by Crippen LogP contribution is 2.33. The number of anilines is 3. The number of aryl methyl sites for hydroxylation is 1. The van der Waals surface area contributed by atoms with Crippen LogP contribution < -0.4 is 15.8 Å². The van der Waals surface area contributed by atoms with Gasteiger partial charge in [-0.1, -0.05) is 6.92 Å². The summed E-state index contributed by atoms with van der Waals surface area (Å²) in [7, 11) is 0. The molecule has 0 aliphatic carbocycles. The van der Waals surface area contributed by atoms with E-state index < -0.39 is 0 Å². The first-order valence-corrected chi connectivity index (χ1v) is 11.2. The minimum atomic E-state index is -0.360. The smallest absolute Gasteiger partial charge is 0.146 e. The third-order valence-corrected chi connectivity index (χ3v) is 5.20. The average molecular weight is 431 g/mol. The topological polar surface area (TPSA) is 82.3 Å². The second-order valence-electron chi connectivity index (χ2n) is 6.90. The van der Waals surface area contributed by atoms with E-state index in [1.807, 2.05) is 24.8 Å². The van der Waals surface area contributed by atoms with Crippen molar-refractivity contribution < 1.29 is 13.9 Å². The number of halogens is 1. The molecule has 0 radical (unpaired) electrons. The monoisotopic (exact) mass is 430 g/mol. The molecule has 1 saturated heterocycles. The summed E-state index contributed by atoms with van der Waals surface area (Å²) >= 11 is 1.86. The normalized spacial score (nSPS) is 15.5. The van der Waals surface area contributed by atoms with Gasteiger partial charge in [0, 0.05) is 23.6 Å². The van der Waals surface area contributed by atoms with Gasteiger partial charge in [0.1, 0.15) is 29.8 Å². The predicted molar refractivity (Wildman–Crippen MR) is 122 cm³/mol. The minimum absolute atomic E-state index is 0.0824. The number of fused-ring (bicyclic) bond motifs is 1. The molecule has 1 fully saturated rings. The fourth-order valence-electron chi connectivity index (χ4n) is 3.12. The Hall–Kier alpha value is -2.58. The molecular formula is C22H27FN4O2S. The maximum Gasteiger partial charge on any atom is 0.146 e. The van der Waals surface area contributed by atoms with Crippen LogP contribution in [0, 0.1) is 12.7 Å². The van der Waals surface area contributed by atoms with Crippen LogP contribution >= 0.6 is 11.8 Å². The van der Waals surface area contributed by atoms with Crippen LogP contribution in [0.4, 0.5) is 21.6 Å². The van der Waals surface area contributed by atoms with E-state index in [4.69, 9.17) is 15.2 Å². The number of nitrogen functional groups attached to an aromatic ring is 1. The van der Waals surface area contributed by atoms with Crippen molar-refractivity contribution in [3.05, 3.63) is 48.0 Å². The number of hydrogen-bond acceptors (Lipinski definition) is 7. The van der Waals surface area contributed by atoms with Crippen LogP contribution in [0.2, 0.25) is 0 Å². The van der Waals surface area contributed by atoms with Gasteiger partial charge in [-0.25, -0.2) is 14.4 Å². The molecule has 160 valence electrons. The van der Waals surface area contributed by atoms with Crippen molar-refractivity contribution in [2.24, 2.45) is 0 Å². The first-order valence-electron chi connectivity index (χ1n) is 9.82. The van der Waals surface area contributed by atoms with E-state index in [9.17, 15) is 4.39 Å². The van der Waals surface area contributed by atoms with Crippen molar-refractivity contribution in [3.63, 3.8) is 0 Å². The van der Waals surface area contributed by atoms with Gasteiger partial charge in [-0.3, -0.25) is 0 Å². The molecule has 1 aromatic heterocycles. The van der Waals surface area contributed by atoms with Crippen molar-refractivity contribution in [3.8, 4) is 5.75 Å². The Balaban J connectivity index is 0.000000589. The second-order valence-corrected chi connectivity index (χ2v) is 8.06. The molecule has 2 aromatic carbocycles. The molecule has 8 heteroatoms. The first kappa shape index (κ1) is 22.1. The molecular weight excluding hydrogens is 403 g/mol. The molecule has 0 amide bonds. The van der Waals surface area contributed by atoms with Crippen molar-refractivity contribution in [2.45, 2.75) is 26.4 Å². The van der Waals surface area contributed by atoms with Crippen molar-refractivity contribution in [1.29, 1.82) is 0 Å². The second kappa shape index (κ2) is 10.4. The van der Waals surface area contributed by atoms with Gasteiger partial charge in [0.05, 0.1) is 24.4 Å². The van der Waals surface area contributed by atoms with Gasteiger partial charge in [-0.15, -0.1) is 0 Å². The summed E-state index contributed by atoms with van der Waals surface area (Å²) in [4.78, 5) is 8.64. The SMILES string of the molecule is CCSC.Cc1cc(N)cc2ncnc(Nc3ccc(F)cc3OC3CCOC3)c12. The zero-order chi connectivity index (χ0) is 21.5. The molecule has 0 saturated carbocycles. The number of aromatic nitrogens is 2. The van der Waals surface area contributed by atoms with Gasteiger partial charge in [-0.05, 0) is 48.8 Å². The number of nitrogens with zero attached hydrogens (tertiary/aromatic N) is 2. The molecule has 1 atom stereocenters. The summed E-state index contributed by atoms with van der Waals surface area (Å²) in [5.74, 6) is 1.92. The molecule has 0 bridgehead atoms. The van der Waals surface area contributed by atoms with E-state index in [2.05, 4.69) is 28.5 Å². The van der Waals surface area contributed by atoms with Crippen LogP contribution in [0.25, 0.3) is 10.9 Å². The average Bonchev–Trinajstić information content (AvgIpc) is 3.23. The van der Waals surface area contributed by atoms with Gasteiger partial charge < -0.3 is 20.5 Å². The van der Waals surface area contributed by atoms with Crippen molar-refractivity contribution >= 4 is 39.9 Å². The quantitative estimate of drug-likeness (QED) is 0.555. The molecule has 6 nitrogen and oxygen atoms in total. The maximum atomic E-state index is 13.7. The van der Waals surface area contributed by atoms with Gasteiger partial charge in [-0.2, -0.15) is 11.8 Å². The first-order chi connectivity index (χ1) is 14.5. The minimum Gasteiger partial charge on any atom is -0.486 e. The number of hydrogen-bond donors (Lipinski definition) is 2. The lowest BCUT2D eigenvalue weighted by atomic mass is 10.1. The van der Waals surface area contributed by atoms with E-state index in [-0.39, 0.29) is 11.9 Å². The van der Waals surface area contributed by atoms with Crippen LogP contribution in [0.3, 0.4) is 0 Å².